The van der Waals surface area contributed by atoms with Gasteiger partial charge in [-0.25, -0.2) is 4.98 Å². The van der Waals surface area contributed by atoms with Crippen molar-refractivity contribution in [2.75, 3.05) is 32.0 Å². The summed E-state index contributed by atoms with van der Waals surface area (Å²) in [7, 11) is 0. The molecule has 2 heterocycles. The fourth-order valence-corrected chi connectivity index (χ4v) is 3.45. The molecule has 1 fully saturated rings. The Morgan fingerprint density at radius 3 is 3.04 bits per heavy atom. The molecule has 0 bridgehead atoms. The van der Waals surface area contributed by atoms with Gasteiger partial charge in [0.1, 0.15) is 5.82 Å². The summed E-state index contributed by atoms with van der Waals surface area (Å²) < 4.78 is 5.78. The number of nitrogens with zero attached hydrogens (tertiary/aromatic N) is 3. The smallest absolute Gasteiger partial charge is 0.230 e. The summed E-state index contributed by atoms with van der Waals surface area (Å²) >= 11 is 1.34. The number of morpholine rings is 1. The molecule has 1 aliphatic heterocycles. The molecule has 1 amide bonds. The van der Waals surface area contributed by atoms with E-state index < -0.39 is 0 Å². The van der Waals surface area contributed by atoms with E-state index in [4.69, 9.17) is 4.74 Å². The lowest BCUT2D eigenvalue weighted by Gasteiger charge is -2.33. The van der Waals surface area contributed by atoms with E-state index >= 15 is 0 Å². The number of hydrogen-bond donors (Lipinski definition) is 2. The maximum absolute atomic E-state index is 12.0. The Balaban J connectivity index is 1.37. The first kappa shape index (κ1) is 18.9. The Kier molecular flexibility index (Phi) is 7.04. The number of amides is 1. The van der Waals surface area contributed by atoms with Crippen molar-refractivity contribution in [2.24, 2.45) is 0 Å². The maximum Gasteiger partial charge on any atom is 0.230 e. The zero-order valence-electron chi connectivity index (χ0n) is 15.0. The van der Waals surface area contributed by atoms with Gasteiger partial charge in [0, 0.05) is 32.6 Å². The molecule has 1 saturated heterocycles. The van der Waals surface area contributed by atoms with E-state index in [1.807, 2.05) is 13.0 Å². The van der Waals surface area contributed by atoms with Gasteiger partial charge in [-0.05, 0) is 5.56 Å². The topological polar surface area (TPSA) is 83.1 Å². The first-order chi connectivity index (χ1) is 12.7. The van der Waals surface area contributed by atoms with Crippen molar-refractivity contribution in [1.29, 1.82) is 0 Å². The van der Waals surface area contributed by atoms with Crippen LogP contribution in [0.5, 0.6) is 0 Å². The minimum atomic E-state index is -0.0263. The van der Waals surface area contributed by atoms with Gasteiger partial charge in [0.2, 0.25) is 11.1 Å². The molecule has 2 aromatic rings. The number of carbonyl (C=O) groups is 1. The van der Waals surface area contributed by atoms with Gasteiger partial charge in [0.15, 0.2) is 0 Å². The van der Waals surface area contributed by atoms with E-state index in [9.17, 15) is 4.79 Å². The number of thioether (sulfide) groups is 1. The highest BCUT2D eigenvalue weighted by Gasteiger charge is 2.21. The maximum atomic E-state index is 12.0. The second-order valence-corrected chi connectivity index (χ2v) is 7.17. The van der Waals surface area contributed by atoms with Crippen molar-refractivity contribution in [2.45, 2.75) is 31.1 Å². The molecule has 1 unspecified atom stereocenters. The Hall–Kier alpha value is -1.90. The van der Waals surface area contributed by atoms with E-state index in [1.165, 1.54) is 17.3 Å². The van der Waals surface area contributed by atoms with Gasteiger partial charge in [0.05, 0.1) is 18.5 Å². The Bertz CT molecular complexity index is 694. The number of nitrogens with one attached hydrogen (secondary N) is 2. The molecule has 0 radical (unpaired) electrons. The number of aromatic amines is 1. The quantitative estimate of drug-likeness (QED) is 0.680. The lowest BCUT2D eigenvalue weighted by molar-refractivity contribution is -0.119. The Morgan fingerprint density at radius 1 is 1.42 bits per heavy atom. The molecule has 1 aromatic heterocycles. The summed E-state index contributed by atoms with van der Waals surface area (Å²) in [6.45, 7) is 5.88. The third-order valence-electron chi connectivity index (χ3n) is 4.18. The minimum absolute atomic E-state index is 0.0246. The number of rotatable bonds is 8. The van der Waals surface area contributed by atoms with Crippen LogP contribution < -0.4 is 5.32 Å². The molecule has 1 aromatic carbocycles. The van der Waals surface area contributed by atoms with Crippen molar-refractivity contribution in [1.82, 2.24) is 25.4 Å². The van der Waals surface area contributed by atoms with Gasteiger partial charge in [-0.15, -0.1) is 5.10 Å². The summed E-state index contributed by atoms with van der Waals surface area (Å²) in [6.07, 6.45) is 0.828. The Morgan fingerprint density at radius 2 is 2.27 bits per heavy atom. The number of hydrogen-bond acceptors (Lipinski definition) is 6. The molecule has 8 heteroatoms. The Labute approximate surface area is 157 Å². The first-order valence-electron chi connectivity index (χ1n) is 8.91. The fourth-order valence-electron chi connectivity index (χ4n) is 2.80. The average Bonchev–Trinajstić information content (AvgIpc) is 3.14. The molecule has 26 heavy (non-hydrogen) atoms. The molecule has 1 aliphatic rings. The SMILES string of the molecule is CCc1nc(SCC(=O)NCC2CN(Cc3ccccc3)CCO2)n[nH]1. The molecule has 2 N–H and O–H groups in total. The molecular formula is C18H25N5O2S. The van der Waals surface area contributed by atoms with Crippen LogP contribution in [-0.2, 0) is 22.5 Å². The minimum Gasteiger partial charge on any atom is -0.374 e. The number of ether oxygens (including phenoxy) is 1. The van der Waals surface area contributed by atoms with E-state index in [1.54, 1.807) is 0 Å². The van der Waals surface area contributed by atoms with Gasteiger partial charge in [-0.2, -0.15) is 0 Å². The van der Waals surface area contributed by atoms with Crippen LogP contribution >= 0.6 is 11.8 Å². The van der Waals surface area contributed by atoms with Crippen LogP contribution in [0.2, 0.25) is 0 Å². The second-order valence-electron chi connectivity index (χ2n) is 6.22. The van der Waals surface area contributed by atoms with Gasteiger partial charge >= 0.3 is 0 Å². The van der Waals surface area contributed by atoms with Crippen LogP contribution in [-0.4, -0.2) is 64.1 Å². The van der Waals surface area contributed by atoms with Crippen LogP contribution in [0, 0.1) is 0 Å². The summed E-state index contributed by atoms with van der Waals surface area (Å²) in [6, 6.07) is 10.4. The van der Waals surface area contributed by atoms with Crippen molar-refractivity contribution in [3.05, 3.63) is 41.7 Å². The van der Waals surface area contributed by atoms with Gasteiger partial charge < -0.3 is 10.1 Å². The zero-order valence-corrected chi connectivity index (χ0v) is 15.8. The largest absolute Gasteiger partial charge is 0.374 e. The summed E-state index contributed by atoms with van der Waals surface area (Å²) in [5.41, 5.74) is 1.30. The summed E-state index contributed by atoms with van der Waals surface area (Å²) in [5, 5.41) is 10.5. The van der Waals surface area contributed by atoms with E-state index in [0.717, 1.165) is 31.9 Å². The normalized spacial score (nSPS) is 18.0. The molecule has 1 atom stereocenters. The predicted molar refractivity (Wildman–Crippen MR) is 101 cm³/mol. The molecule has 140 valence electrons. The number of carbonyl (C=O) groups excluding carboxylic acids is 1. The highest BCUT2D eigenvalue weighted by atomic mass is 32.2. The van der Waals surface area contributed by atoms with Crippen LogP contribution in [0.4, 0.5) is 0 Å². The predicted octanol–water partition coefficient (Wildman–Crippen LogP) is 1.48. The van der Waals surface area contributed by atoms with Crippen LogP contribution in [0.25, 0.3) is 0 Å². The summed E-state index contributed by atoms with van der Waals surface area (Å²) in [4.78, 5) is 18.7. The lowest BCUT2D eigenvalue weighted by Crippen LogP contribution is -2.47. The molecule has 3 rings (SSSR count). The number of aryl methyl sites for hydroxylation is 1. The van der Waals surface area contributed by atoms with Gasteiger partial charge in [-0.3, -0.25) is 14.8 Å². The molecule has 0 spiro atoms. The second kappa shape index (κ2) is 9.70. The molecule has 7 nitrogen and oxygen atoms in total. The third-order valence-corrected chi connectivity index (χ3v) is 5.02. The fraction of sp³-hybridized carbons (Fsp3) is 0.500. The number of benzene rings is 1. The lowest BCUT2D eigenvalue weighted by atomic mass is 10.2. The van der Waals surface area contributed by atoms with E-state index in [2.05, 4.69) is 49.7 Å². The van der Waals surface area contributed by atoms with Crippen LogP contribution in [0.1, 0.15) is 18.3 Å². The van der Waals surface area contributed by atoms with Crippen LogP contribution in [0.15, 0.2) is 35.5 Å². The zero-order chi connectivity index (χ0) is 18.2. The summed E-state index contributed by atoms with van der Waals surface area (Å²) in [5.74, 6) is 1.12. The van der Waals surface area contributed by atoms with Crippen molar-refractivity contribution in [3.8, 4) is 0 Å². The van der Waals surface area contributed by atoms with Crippen molar-refractivity contribution >= 4 is 17.7 Å². The van der Waals surface area contributed by atoms with Crippen LogP contribution in [0.3, 0.4) is 0 Å². The molecule has 0 aliphatic carbocycles. The van der Waals surface area contributed by atoms with E-state index in [0.29, 0.717) is 24.1 Å². The molecular weight excluding hydrogens is 350 g/mol. The average molecular weight is 375 g/mol. The van der Waals surface area contributed by atoms with Gasteiger partial charge in [0.25, 0.3) is 0 Å². The number of aromatic nitrogens is 3. The monoisotopic (exact) mass is 375 g/mol. The van der Waals surface area contributed by atoms with Gasteiger partial charge in [-0.1, -0.05) is 49.0 Å². The highest BCUT2D eigenvalue weighted by molar-refractivity contribution is 7.99. The standard InChI is InChI=1S/C18H25N5O2S/c1-2-16-20-18(22-21-16)26-13-17(24)19-10-15-12-23(8-9-25-15)11-14-6-4-3-5-7-14/h3-7,15H,2,8-13H2,1H3,(H,19,24)(H,20,21,22). The highest BCUT2D eigenvalue weighted by Crippen LogP contribution is 2.12. The van der Waals surface area contributed by atoms with E-state index in [-0.39, 0.29) is 12.0 Å². The molecule has 0 saturated carbocycles. The third kappa shape index (κ3) is 5.82. The number of H-pyrrole nitrogens is 1. The van der Waals surface area contributed by atoms with Crippen molar-refractivity contribution < 1.29 is 9.53 Å². The van der Waals surface area contributed by atoms with Crippen molar-refractivity contribution in [3.63, 3.8) is 0 Å². The first-order valence-corrected chi connectivity index (χ1v) is 9.90.